The van der Waals surface area contributed by atoms with Crippen LogP contribution in [0.4, 0.5) is 4.79 Å². The fourth-order valence-electron chi connectivity index (χ4n) is 3.99. The molecule has 0 radical (unpaired) electrons. The fraction of sp³-hybridized carbons (Fsp3) is 0.182. The first-order chi connectivity index (χ1) is 14.6. The molecule has 0 spiro atoms. The van der Waals surface area contributed by atoms with Gasteiger partial charge in [0.25, 0.3) is 0 Å². The Bertz CT molecular complexity index is 1230. The molecular formula is C22H18ClN5O2. The molecule has 7 nitrogen and oxygen atoms in total. The third-order valence-electron chi connectivity index (χ3n) is 5.55. The quantitative estimate of drug-likeness (QED) is 0.487. The van der Waals surface area contributed by atoms with Crippen molar-refractivity contribution in [2.24, 2.45) is 5.73 Å². The third kappa shape index (κ3) is 3.07. The molecular weight excluding hydrogens is 402 g/mol. The van der Waals surface area contributed by atoms with Crippen LogP contribution in [0.1, 0.15) is 24.8 Å². The molecule has 1 amide bonds. The predicted octanol–water partition coefficient (Wildman–Crippen LogP) is 4.61. The second kappa shape index (κ2) is 7.11. The monoisotopic (exact) mass is 419 g/mol. The number of rotatable bonds is 4. The summed E-state index contributed by atoms with van der Waals surface area (Å²) in [5.41, 5.74) is 8.86. The van der Waals surface area contributed by atoms with Crippen LogP contribution in [0.5, 0.6) is 0 Å². The van der Waals surface area contributed by atoms with Crippen molar-refractivity contribution < 1.29 is 9.53 Å². The van der Waals surface area contributed by atoms with Gasteiger partial charge in [0.1, 0.15) is 11.2 Å². The van der Waals surface area contributed by atoms with Gasteiger partial charge in [-0.1, -0.05) is 18.2 Å². The largest absolute Gasteiger partial charge is 0.438 e. The van der Waals surface area contributed by atoms with Crippen LogP contribution in [0.15, 0.2) is 60.9 Å². The van der Waals surface area contributed by atoms with Gasteiger partial charge in [0, 0.05) is 23.5 Å². The van der Waals surface area contributed by atoms with Gasteiger partial charge in [-0.25, -0.2) is 9.78 Å². The molecule has 0 aliphatic heterocycles. The molecule has 8 heteroatoms. The molecule has 150 valence electrons. The maximum atomic E-state index is 11.4. The highest BCUT2D eigenvalue weighted by Crippen LogP contribution is 2.45. The van der Waals surface area contributed by atoms with Crippen molar-refractivity contribution in [3.05, 3.63) is 71.8 Å². The SMILES string of the molecule is NC(=O)OC1(c2ccc(-n3c(-c4ccccn4)cc4cnc(Cl)nc43)cc2)CCC1. The number of nitrogens with zero attached hydrogens (tertiary/aromatic N) is 4. The first kappa shape index (κ1) is 18.6. The minimum Gasteiger partial charge on any atom is -0.438 e. The van der Waals surface area contributed by atoms with Crippen molar-refractivity contribution in [2.75, 3.05) is 0 Å². The number of primary amides is 1. The zero-order chi connectivity index (χ0) is 20.7. The van der Waals surface area contributed by atoms with Crippen LogP contribution in [-0.2, 0) is 10.3 Å². The minimum atomic E-state index is -0.751. The number of halogens is 1. The first-order valence-electron chi connectivity index (χ1n) is 9.60. The Hall–Kier alpha value is -3.45. The summed E-state index contributed by atoms with van der Waals surface area (Å²) >= 11 is 6.08. The highest BCUT2D eigenvalue weighted by Gasteiger charge is 2.42. The molecule has 30 heavy (non-hydrogen) atoms. The maximum absolute atomic E-state index is 11.4. The fourth-order valence-corrected chi connectivity index (χ4v) is 4.12. The first-order valence-corrected chi connectivity index (χ1v) is 9.98. The van der Waals surface area contributed by atoms with Crippen LogP contribution in [-0.4, -0.2) is 25.6 Å². The van der Waals surface area contributed by atoms with Gasteiger partial charge in [-0.2, -0.15) is 4.98 Å². The van der Waals surface area contributed by atoms with Gasteiger partial charge in [-0.15, -0.1) is 0 Å². The topological polar surface area (TPSA) is 95.9 Å². The molecule has 1 aromatic carbocycles. The molecule has 1 fully saturated rings. The summed E-state index contributed by atoms with van der Waals surface area (Å²) in [7, 11) is 0. The molecule has 1 saturated carbocycles. The van der Waals surface area contributed by atoms with E-state index in [4.69, 9.17) is 22.1 Å². The van der Waals surface area contributed by atoms with Gasteiger partial charge in [-0.3, -0.25) is 9.55 Å². The molecule has 0 saturated heterocycles. The summed E-state index contributed by atoms with van der Waals surface area (Å²) in [5, 5.41) is 1.03. The molecule has 3 heterocycles. The Morgan fingerprint density at radius 1 is 1.13 bits per heavy atom. The van der Waals surface area contributed by atoms with Gasteiger partial charge in [0.2, 0.25) is 5.28 Å². The normalized spacial score (nSPS) is 15.0. The van der Waals surface area contributed by atoms with E-state index in [2.05, 4.69) is 15.0 Å². The third-order valence-corrected chi connectivity index (χ3v) is 5.73. The summed E-state index contributed by atoms with van der Waals surface area (Å²) in [6.07, 6.45) is 5.23. The lowest BCUT2D eigenvalue weighted by atomic mass is 9.75. The number of carbonyl (C=O) groups is 1. The predicted molar refractivity (Wildman–Crippen MR) is 113 cm³/mol. The highest BCUT2D eigenvalue weighted by molar-refractivity contribution is 6.28. The smallest absolute Gasteiger partial charge is 0.405 e. The highest BCUT2D eigenvalue weighted by atomic mass is 35.5. The van der Waals surface area contributed by atoms with Gasteiger partial charge < -0.3 is 10.5 Å². The molecule has 4 aromatic rings. The number of aromatic nitrogens is 4. The zero-order valence-corrected chi connectivity index (χ0v) is 16.7. The van der Waals surface area contributed by atoms with E-state index in [1.807, 2.05) is 53.1 Å². The second-order valence-corrected chi connectivity index (χ2v) is 7.65. The lowest BCUT2D eigenvalue weighted by Gasteiger charge is -2.40. The van der Waals surface area contributed by atoms with Crippen molar-refractivity contribution in [3.8, 4) is 17.1 Å². The molecule has 0 atom stereocenters. The van der Waals surface area contributed by atoms with Crippen molar-refractivity contribution in [1.29, 1.82) is 0 Å². The zero-order valence-electron chi connectivity index (χ0n) is 16.0. The van der Waals surface area contributed by atoms with Gasteiger partial charge in [0.05, 0.1) is 11.4 Å². The van der Waals surface area contributed by atoms with E-state index in [0.717, 1.165) is 47.3 Å². The molecule has 1 aliphatic rings. The Morgan fingerprint density at radius 2 is 1.93 bits per heavy atom. The van der Waals surface area contributed by atoms with Crippen molar-refractivity contribution in [3.63, 3.8) is 0 Å². The standard InChI is InChI=1S/C22H18ClN5O2/c23-20-26-13-14-12-18(17-4-1-2-11-25-17)28(19(14)27-20)16-7-5-15(6-8-16)22(9-3-10-22)30-21(24)29/h1-2,4-8,11-13H,3,9-10H2,(H2,24,29). The van der Waals surface area contributed by atoms with E-state index in [1.165, 1.54) is 0 Å². The van der Waals surface area contributed by atoms with Gasteiger partial charge in [0.15, 0.2) is 0 Å². The number of fused-ring (bicyclic) bond motifs is 1. The summed E-state index contributed by atoms with van der Waals surface area (Å²) in [6, 6.07) is 15.6. The van der Waals surface area contributed by atoms with E-state index in [9.17, 15) is 4.79 Å². The van der Waals surface area contributed by atoms with E-state index in [-0.39, 0.29) is 5.28 Å². The number of ether oxygens (including phenoxy) is 1. The second-order valence-electron chi connectivity index (χ2n) is 7.31. The van der Waals surface area contributed by atoms with E-state index in [0.29, 0.717) is 5.65 Å². The lowest BCUT2D eigenvalue weighted by molar-refractivity contribution is -0.0489. The van der Waals surface area contributed by atoms with E-state index < -0.39 is 11.7 Å². The van der Waals surface area contributed by atoms with Crippen LogP contribution in [0.3, 0.4) is 0 Å². The van der Waals surface area contributed by atoms with Gasteiger partial charge in [-0.05, 0) is 66.8 Å². The average Bonchev–Trinajstić information content (AvgIpc) is 3.10. The summed E-state index contributed by atoms with van der Waals surface area (Å²) in [5.74, 6) is 0. The van der Waals surface area contributed by atoms with E-state index >= 15 is 0 Å². The summed E-state index contributed by atoms with van der Waals surface area (Å²) in [4.78, 5) is 24.4. The number of hydrogen-bond donors (Lipinski definition) is 1. The number of benzene rings is 1. The van der Waals surface area contributed by atoms with Crippen molar-refractivity contribution in [2.45, 2.75) is 24.9 Å². The van der Waals surface area contributed by atoms with Crippen molar-refractivity contribution in [1.82, 2.24) is 19.5 Å². The van der Waals surface area contributed by atoms with Crippen LogP contribution >= 0.6 is 11.6 Å². The van der Waals surface area contributed by atoms with Crippen LogP contribution in [0.2, 0.25) is 5.28 Å². The maximum Gasteiger partial charge on any atom is 0.405 e. The molecule has 2 N–H and O–H groups in total. The number of hydrogen-bond acceptors (Lipinski definition) is 5. The van der Waals surface area contributed by atoms with Gasteiger partial charge >= 0.3 is 6.09 Å². The summed E-state index contributed by atoms with van der Waals surface area (Å²) in [6.45, 7) is 0. The molecule has 5 rings (SSSR count). The number of carbonyl (C=O) groups excluding carboxylic acids is 1. The Labute approximate surface area is 177 Å². The van der Waals surface area contributed by atoms with E-state index in [1.54, 1.807) is 12.4 Å². The molecule has 3 aromatic heterocycles. The average molecular weight is 420 g/mol. The van der Waals surface area contributed by atoms with Crippen molar-refractivity contribution >= 4 is 28.7 Å². The minimum absolute atomic E-state index is 0.175. The van der Waals surface area contributed by atoms with Crippen LogP contribution < -0.4 is 5.73 Å². The van der Waals surface area contributed by atoms with Crippen LogP contribution in [0.25, 0.3) is 28.1 Å². The number of pyridine rings is 1. The Morgan fingerprint density at radius 3 is 2.57 bits per heavy atom. The Kier molecular flexibility index (Phi) is 4.40. The lowest BCUT2D eigenvalue weighted by Crippen LogP contribution is -2.40. The number of nitrogens with two attached hydrogens (primary N) is 1. The molecule has 0 unspecified atom stereocenters. The molecule has 0 bridgehead atoms. The van der Waals surface area contributed by atoms with Crippen LogP contribution in [0, 0.1) is 0 Å². The molecule has 1 aliphatic carbocycles. The number of amides is 1. The Balaban J connectivity index is 1.64. The summed E-state index contributed by atoms with van der Waals surface area (Å²) < 4.78 is 7.45.